The van der Waals surface area contributed by atoms with E-state index in [1.54, 1.807) is 105 Å². The molecule has 0 aliphatic carbocycles. The van der Waals surface area contributed by atoms with Crippen LogP contribution in [0.2, 0.25) is 25.1 Å². The number of carbonyl (C=O) groups excluding carboxylic acids is 5. The Morgan fingerprint density at radius 2 is 0.729 bits per heavy atom. The maximum atomic E-state index is 13.7. The molecule has 42 heteroatoms. The molecule has 5 unspecified atom stereocenters. The van der Waals surface area contributed by atoms with Crippen LogP contribution in [0.1, 0.15) is 49.3 Å². The third-order valence-corrected chi connectivity index (χ3v) is 31.6. The number of fused-ring (bicyclic) bond motifs is 3. The van der Waals surface area contributed by atoms with Gasteiger partial charge in [-0.1, -0.05) is 149 Å². The van der Waals surface area contributed by atoms with Crippen LogP contribution in [0.25, 0.3) is 0 Å². The van der Waals surface area contributed by atoms with Gasteiger partial charge in [0, 0.05) is 88.3 Å². The van der Waals surface area contributed by atoms with Crippen molar-refractivity contribution in [1.29, 1.82) is 0 Å². The van der Waals surface area contributed by atoms with Gasteiger partial charge in [0.25, 0.3) is 20.0 Å². The number of hydrogen-bond donors (Lipinski definition) is 3. The topological polar surface area (TPSA) is 345 Å². The zero-order chi connectivity index (χ0) is 96.0. The number of anilines is 6. The van der Waals surface area contributed by atoms with Gasteiger partial charge in [0.05, 0.1) is 99.9 Å². The van der Waals surface area contributed by atoms with E-state index >= 15 is 0 Å². The van der Waals surface area contributed by atoms with Crippen LogP contribution in [-0.4, -0.2) is 148 Å². The average Bonchev–Trinajstić information content (AvgIpc) is 1.05. The second-order valence-electron chi connectivity index (χ2n) is 31.1. The number of halogens is 10. The number of benzene rings is 10. The van der Waals surface area contributed by atoms with Crippen molar-refractivity contribution in [2.24, 2.45) is 36.6 Å². The molecule has 2 fully saturated rings. The third kappa shape index (κ3) is 25.5. The molecule has 702 valence electrons. The minimum absolute atomic E-state index is 0.00614. The highest BCUT2D eigenvalue weighted by Gasteiger charge is 2.41. The summed E-state index contributed by atoms with van der Waals surface area (Å²) in [6, 6.07) is 56.9. The first-order chi connectivity index (χ1) is 63.1. The van der Waals surface area contributed by atoms with E-state index in [0.29, 0.717) is 75.1 Å². The summed E-state index contributed by atoms with van der Waals surface area (Å²) in [6.45, 7) is 2.32. The summed E-state index contributed by atoms with van der Waals surface area (Å²) in [5.41, 5.74) is 4.89. The molecule has 0 spiro atoms. The molecule has 3 amide bonds. The van der Waals surface area contributed by atoms with Gasteiger partial charge in [0.1, 0.15) is 40.6 Å². The monoisotopic (exact) mass is 2020 g/mol. The molecule has 5 aliphatic rings. The fraction of sp³-hybridized carbons (Fsp3) is 0.253. The van der Waals surface area contributed by atoms with Crippen LogP contribution in [0.5, 0.6) is 11.5 Å². The lowest BCUT2D eigenvalue weighted by Crippen LogP contribution is -2.44. The van der Waals surface area contributed by atoms with Crippen molar-refractivity contribution in [3.63, 3.8) is 0 Å². The number of hydrogen-bond acceptors (Lipinski definition) is 18. The largest absolute Gasteiger partial charge is 0.426 e. The highest BCUT2D eigenvalue weighted by atomic mass is 35.5. The molecule has 3 N–H and O–H groups in total. The molecular weight excluding hydrogens is 1940 g/mol. The molecule has 5 aliphatic heterocycles. The van der Waals surface area contributed by atoms with E-state index in [4.69, 9.17) is 67.5 Å². The number of rotatable bonds is 19. The predicted octanol–water partition coefficient (Wildman–Crippen LogP) is 16.7. The van der Waals surface area contributed by atoms with Crippen LogP contribution in [0.3, 0.4) is 0 Å². The number of ether oxygens (including phenoxy) is 2. The number of piperidine rings is 2. The van der Waals surface area contributed by atoms with E-state index in [1.165, 1.54) is 124 Å². The maximum Gasteiger partial charge on any atom is 0.315 e. The summed E-state index contributed by atoms with van der Waals surface area (Å²) in [4.78, 5) is 67.1. The van der Waals surface area contributed by atoms with Gasteiger partial charge in [-0.2, -0.15) is 8.61 Å². The molecular formula is C91H86Cl5F5N10O17S5. The van der Waals surface area contributed by atoms with Gasteiger partial charge in [-0.05, 0) is 190 Å². The van der Waals surface area contributed by atoms with Crippen molar-refractivity contribution >= 4 is 172 Å². The molecule has 6 heterocycles. The first-order valence-electron chi connectivity index (χ1n) is 41.0. The predicted molar refractivity (Wildman–Crippen MR) is 498 cm³/mol. The van der Waals surface area contributed by atoms with Gasteiger partial charge in [-0.3, -0.25) is 36.9 Å². The zero-order valence-electron chi connectivity index (χ0n) is 70.9. The van der Waals surface area contributed by atoms with Crippen molar-refractivity contribution in [3.05, 3.63) is 308 Å². The summed E-state index contributed by atoms with van der Waals surface area (Å²) >= 11 is 28.2. The Hall–Kier alpha value is -11.1. The first kappa shape index (κ1) is 101. The van der Waals surface area contributed by atoms with Crippen molar-refractivity contribution in [2.45, 2.75) is 66.7 Å². The van der Waals surface area contributed by atoms with Crippen molar-refractivity contribution < 1.29 is 97.5 Å². The SMILES string of the molecule is CCS(=O)(=O)N1CC(C(=O)Nc2ccc(Cl)c(F)c2)Cc2ccccc21.CS(=O)(=O)N1CC(C(=O)Nc2ccc(Cl)c(F)c2)Cc2ccccc21.Cn1cnc(S(=O)(=O)N2CCCC(C(=O)Oc3ccc(Cl)c(F)c3)C2)c1.O=C(Nc1ccc(Cl)c(F)c1)C1Cc2ccccc2N(S(=O)(=O)c2ccccc2)C1.O=C(Oc1ccc(Cl)c(F)c1)C1CCCN(S(=O)(=O)c2ccccc2)C1. The highest BCUT2D eigenvalue weighted by molar-refractivity contribution is 7.93. The van der Waals surface area contributed by atoms with E-state index in [0.717, 1.165) is 53.3 Å². The van der Waals surface area contributed by atoms with Gasteiger partial charge < -0.3 is 30.0 Å². The lowest BCUT2D eigenvalue weighted by atomic mass is 9.93. The lowest BCUT2D eigenvalue weighted by molar-refractivity contribution is -0.141. The summed E-state index contributed by atoms with van der Waals surface area (Å²) in [7, 11) is -16.6. The lowest BCUT2D eigenvalue weighted by Gasteiger charge is -2.34. The summed E-state index contributed by atoms with van der Waals surface area (Å²) in [5, 5.41) is 7.62. The molecule has 133 heavy (non-hydrogen) atoms. The van der Waals surface area contributed by atoms with Gasteiger partial charge in [-0.15, -0.1) is 0 Å². The number of para-hydroxylation sites is 3. The Balaban J connectivity index is 0.000000150. The van der Waals surface area contributed by atoms with Gasteiger partial charge in [0.15, 0.2) is 5.03 Å². The molecule has 2 saturated heterocycles. The number of amides is 3. The van der Waals surface area contributed by atoms with Crippen molar-refractivity contribution in [2.75, 3.05) is 86.7 Å². The fourth-order valence-corrected chi connectivity index (χ4v) is 22.3. The molecule has 5 atom stereocenters. The van der Waals surface area contributed by atoms with Gasteiger partial charge >= 0.3 is 11.9 Å². The zero-order valence-corrected chi connectivity index (χ0v) is 78.8. The Kier molecular flexibility index (Phi) is 33.3. The molecule has 0 bridgehead atoms. The minimum Gasteiger partial charge on any atom is -0.426 e. The molecule has 10 aromatic carbocycles. The molecule has 27 nitrogen and oxygen atoms in total. The first-order valence-corrected chi connectivity index (χ1v) is 50.7. The average molecular weight is 2020 g/mol. The molecule has 0 radical (unpaired) electrons. The Labute approximate surface area is 790 Å². The van der Waals surface area contributed by atoms with Crippen molar-refractivity contribution in [1.82, 2.24) is 18.2 Å². The number of carbonyl (C=O) groups is 5. The van der Waals surface area contributed by atoms with Crippen LogP contribution in [-0.2, 0) is 100 Å². The number of nitrogens with zero attached hydrogens (tertiary/aromatic N) is 7. The Morgan fingerprint density at radius 3 is 1.09 bits per heavy atom. The highest BCUT2D eigenvalue weighted by Crippen LogP contribution is 2.39. The van der Waals surface area contributed by atoms with E-state index in [9.17, 15) is 88.0 Å². The van der Waals surface area contributed by atoms with Gasteiger partial charge in [-0.25, -0.2) is 69.0 Å². The maximum absolute atomic E-state index is 13.7. The quantitative estimate of drug-likeness (QED) is 0.0384. The number of sulfonamides is 5. The minimum atomic E-state index is -3.85. The molecule has 11 aromatic rings. The van der Waals surface area contributed by atoms with Crippen LogP contribution in [0.4, 0.5) is 56.1 Å². The second kappa shape index (κ2) is 44.0. The number of imidazole rings is 1. The number of nitrogens with one attached hydrogen (secondary N) is 3. The van der Waals surface area contributed by atoms with Crippen LogP contribution in [0.15, 0.2) is 252 Å². The Bertz CT molecular complexity index is 6780. The molecule has 1 aromatic heterocycles. The summed E-state index contributed by atoms with van der Waals surface area (Å²) in [5.74, 6) is -8.63. The van der Waals surface area contributed by atoms with Crippen LogP contribution in [0, 0.1) is 58.7 Å². The van der Waals surface area contributed by atoms with E-state index in [1.807, 2.05) is 18.2 Å². The molecule has 0 saturated carbocycles. The fourth-order valence-electron chi connectivity index (χ4n) is 14.9. The van der Waals surface area contributed by atoms with Gasteiger partial charge in [0.2, 0.25) is 47.8 Å². The summed E-state index contributed by atoms with van der Waals surface area (Å²) < 4.78 is 212. The Morgan fingerprint density at radius 1 is 0.398 bits per heavy atom. The van der Waals surface area contributed by atoms with Crippen molar-refractivity contribution in [3.8, 4) is 11.5 Å². The van der Waals surface area contributed by atoms with E-state index in [-0.39, 0.29) is 125 Å². The standard InChI is InChI=1S/C22H18ClFN2O3S.C18H18ClFN2O3S.C18H17ClFNO4S.C17H16ClFN2O3S.C16H17ClFN3O4S/c23-19-11-10-17(13-20(19)24)25-22(27)16-12-15-6-4-5-9-21(15)26(14-16)30(28,29)18-7-2-1-3-8-18;1-2-26(24,25)22-11-13(9-12-5-3-4-6-17(12)22)18(23)21-14-7-8-15(19)16(20)10-14;19-16-9-8-14(11-17(16)20)25-18(22)13-5-4-10-21(12-13)26(23,24)15-6-2-1-3-7-15;1-25(23,24)21-10-12(8-11-4-2-3-5-16(11)21)17(22)20-13-6-7-14(18)15(19)9-13;1-20-9-15(19-10-20)26(23,24)21-6-2-3-11(8-21)16(22)25-12-4-5-13(17)14(18)7-12/h1-11,13,16H,12,14H2,(H,25,27);3-8,10,13H,2,9,11H2,1H3,(H,21,23);1-3,6-9,11,13H,4-5,10,12H2;2-7,9,12H,8,10H2,1H3,(H,20,22);4-5,7,9-11H,2-3,6,8H2,1H3. The van der Waals surface area contributed by atoms with E-state index in [2.05, 4.69) is 20.9 Å². The number of aryl methyl sites for hydroxylation is 1. The summed E-state index contributed by atoms with van der Waals surface area (Å²) in [6.07, 6.45) is 7.17. The van der Waals surface area contributed by atoms with Crippen LogP contribution < -0.4 is 38.3 Å². The van der Waals surface area contributed by atoms with E-state index < -0.39 is 121 Å². The van der Waals surface area contributed by atoms with Crippen LogP contribution >= 0.6 is 58.0 Å². The second-order valence-corrected chi connectivity index (χ2v) is 42.9. The number of esters is 2. The molecule has 16 rings (SSSR count). The third-order valence-electron chi connectivity index (χ3n) is 21.8. The smallest absolute Gasteiger partial charge is 0.315 e. The number of aromatic nitrogens is 2. The normalized spacial score (nSPS) is 17.4.